The lowest BCUT2D eigenvalue weighted by Crippen LogP contribution is -2.23. The van der Waals surface area contributed by atoms with Crippen molar-refractivity contribution < 1.29 is 18.7 Å². The highest BCUT2D eigenvalue weighted by atomic mass is 19.1. The summed E-state index contributed by atoms with van der Waals surface area (Å²) < 4.78 is 19.0. The van der Waals surface area contributed by atoms with E-state index >= 15 is 0 Å². The summed E-state index contributed by atoms with van der Waals surface area (Å²) in [6, 6.07) is 17.2. The highest BCUT2D eigenvalue weighted by Crippen LogP contribution is 2.35. The monoisotopic (exact) mass is 458 g/mol. The highest BCUT2D eigenvalue weighted by Gasteiger charge is 2.22. The predicted molar refractivity (Wildman–Crippen MR) is 132 cm³/mol. The first-order chi connectivity index (χ1) is 16.1. The maximum atomic E-state index is 13.5. The highest BCUT2D eigenvalue weighted by molar-refractivity contribution is 6.13. The van der Waals surface area contributed by atoms with Gasteiger partial charge in [0.1, 0.15) is 11.4 Å². The minimum atomic E-state index is -0.591. The number of benzene rings is 3. The Morgan fingerprint density at radius 1 is 0.971 bits per heavy atom. The average Bonchev–Trinajstić information content (AvgIpc) is 3.15. The van der Waals surface area contributed by atoms with Crippen LogP contribution in [0.15, 0.2) is 60.7 Å². The van der Waals surface area contributed by atoms with E-state index in [1.165, 1.54) is 12.1 Å². The molecule has 0 unspecified atom stereocenters. The quantitative estimate of drug-likeness (QED) is 0.354. The second-order valence-electron chi connectivity index (χ2n) is 9.26. The Morgan fingerprint density at radius 3 is 2.32 bits per heavy atom. The Kier molecular flexibility index (Phi) is 6.00. The Labute approximate surface area is 198 Å². The van der Waals surface area contributed by atoms with Crippen molar-refractivity contribution in [1.29, 1.82) is 0 Å². The van der Waals surface area contributed by atoms with Gasteiger partial charge in [0.25, 0.3) is 5.91 Å². The lowest BCUT2D eigenvalue weighted by molar-refractivity contribution is 0.00694. The van der Waals surface area contributed by atoms with Crippen LogP contribution in [0.3, 0.4) is 0 Å². The van der Waals surface area contributed by atoms with E-state index in [9.17, 15) is 14.0 Å². The maximum Gasteiger partial charge on any atom is 0.338 e. The fourth-order valence-electron chi connectivity index (χ4n) is 4.01. The van der Waals surface area contributed by atoms with Crippen molar-refractivity contribution in [2.75, 3.05) is 7.05 Å². The fraction of sp³-hybridized carbons (Fsp3) is 0.214. The summed E-state index contributed by atoms with van der Waals surface area (Å²) in [5.41, 5.74) is 5.19. The predicted octanol–water partition coefficient (Wildman–Crippen LogP) is 6.26. The molecule has 4 aromatic rings. The number of aryl methyl sites for hydroxylation is 1. The largest absolute Gasteiger partial charge is 0.456 e. The van der Waals surface area contributed by atoms with E-state index in [0.717, 1.165) is 27.6 Å². The first kappa shape index (κ1) is 23.2. The number of H-pyrrole nitrogens is 1. The van der Waals surface area contributed by atoms with Crippen LogP contribution in [0.1, 0.15) is 47.1 Å². The summed E-state index contributed by atoms with van der Waals surface area (Å²) in [6.45, 7) is 7.47. The summed E-state index contributed by atoms with van der Waals surface area (Å²) in [7, 11) is 1.58. The average molecular weight is 459 g/mol. The van der Waals surface area contributed by atoms with Gasteiger partial charge in [-0.15, -0.1) is 0 Å². The zero-order chi connectivity index (χ0) is 24.6. The molecule has 3 aromatic carbocycles. The molecule has 0 aliphatic heterocycles. The molecule has 0 bridgehead atoms. The van der Waals surface area contributed by atoms with E-state index in [-0.39, 0.29) is 17.7 Å². The third-order valence-corrected chi connectivity index (χ3v) is 5.54. The molecule has 2 N–H and O–H groups in total. The zero-order valence-corrected chi connectivity index (χ0v) is 19.9. The number of hydrogen-bond acceptors (Lipinski definition) is 3. The number of aromatic nitrogens is 1. The molecule has 1 heterocycles. The summed E-state index contributed by atoms with van der Waals surface area (Å²) in [6.07, 6.45) is 0. The number of carbonyl (C=O) groups excluding carboxylic acids is 2. The second kappa shape index (κ2) is 8.78. The fourth-order valence-corrected chi connectivity index (χ4v) is 4.01. The lowest BCUT2D eigenvalue weighted by Gasteiger charge is -2.19. The van der Waals surface area contributed by atoms with Crippen LogP contribution in [0.25, 0.3) is 33.3 Å². The van der Waals surface area contributed by atoms with Crippen LogP contribution in [0.4, 0.5) is 4.39 Å². The van der Waals surface area contributed by atoms with Gasteiger partial charge in [0.15, 0.2) is 0 Å². The topological polar surface area (TPSA) is 71.2 Å². The number of aromatic amines is 1. The molecular weight excluding hydrogens is 431 g/mol. The molecule has 0 fully saturated rings. The smallest absolute Gasteiger partial charge is 0.338 e. The van der Waals surface area contributed by atoms with Gasteiger partial charge < -0.3 is 15.0 Å². The van der Waals surface area contributed by atoms with Gasteiger partial charge in [0.2, 0.25) is 0 Å². The van der Waals surface area contributed by atoms with Crippen LogP contribution in [0.5, 0.6) is 0 Å². The van der Waals surface area contributed by atoms with Gasteiger partial charge in [0.05, 0.1) is 16.8 Å². The van der Waals surface area contributed by atoms with Gasteiger partial charge in [-0.1, -0.05) is 12.1 Å². The number of fused-ring (bicyclic) bond motifs is 1. The second-order valence-corrected chi connectivity index (χ2v) is 9.26. The van der Waals surface area contributed by atoms with Crippen molar-refractivity contribution in [1.82, 2.24) is 10.3 Å². The molecule has 0 radical (unpaired) electrons. The molecular formula is C28H27FN2O3. The summed E-state index contributed by atoms with van der Waals surface area (Å²) in [5.74, 6) is -0.980. The molecule has 0 saturated carbocycles. The van der Waals surface area contributed by atoms with Gasteiger partial charge in [-0.05, 0) is 98.5 Å². The van der Waals surface area contributed by atoms with E-state index in [2.05, 4.69) is 10.3 Å². The Balaban J connectivity index is 1.87. The molecule has 6 heteroatoms. The first-order valence-corrected chi connectivity index (χ1v) is 11.1. The first-order valence-electron chi connectivity index (χ1n) is 11.1. The molecule has 5 nitrogen and oxygen atoms in total. The summed E-state index contributed by atoms with van der Waals surface area (Å²) >= 11 is 0. The Morgan fingerprint density at radius 2 is 1.68 bits per heavy atom. The molecule has 1 amide bonds. The number of rotatable bonds is 4. The Bertz CT molecular complexity index is 1400. The number of carbonyl (C=O) groups is 2. The number of amides is 1. The number of nitrogens with one attached hydrogen (secondary N) is 2. The van der Waals surface area contributed by atoms with E-state index in [4.69, 9.17) is 4.74 Å². The molecule has 0 aliphatic rings. The van der Waals surface area contributed by atoms with Crippen molar-refractivity contribution in [2.45, 2.75) is 33.3 Å². The van der Waals surface area contributed by atoms with Gasteiger partial charge >= 0.3 is 5.97 Å². The summed E-state index contributed by atoms with van der Waals surface area (Å²) in [5, 5.41) is 3.44. The molecule has 0 spiro atoms. The van der Waals surface area contributed by atoms with Crippen LogP contribution >= 0.6 is 0 Å². The van der Waals surface area contributed by atoms with Gasteiger partial charge in [-0.25, -0.2) is 9.18 Å². The SMILES string of the molecule is CNC(=O)c1c(-c2ccc(F)cc2)[nH]c2cc(C)c(-c3cccc(C(=O)OC(C)(C)C)c3)cc12. The van der Waals surface area contributed by atoms with Crippen molar-refractivity contribution in [3.05, 3.63) is 83.2 Å². The van der Waals surface area contributed by atoms with Gasteiger partial charge in [-0.2, -0.15) is 0 Å². The zero-order valence-electron chi connectivity index (χ0n) is 19.9. The van der Waals surface area contributed by atoms with Crippen LogP contribution in [0, 0.1) is 12.7 Å². The van der Waals surface area contributed by atoms with Crippen LogP contribution in [-0.2, 0) is 4.74 Å². The molecule has 1 aromatic heterocycles. The Hall–Kier alpha value is -3.93. The van der Waals surface area contributed by atoms with Crippen molar-refractivity contribution in [3.63, 3.8) is 0 Å². The van der Waals surface area contributed by atoms with Crippen LogP contribution in [-0.4, -0.2) is 29.5 Å². The van der Waals surface area contributed by atoms with Gasteiger partial charge in [0, 0.05) is 18.0 Å². The van der Waals surface area contributed by atoms with Crippen molar-refractivity contribution in [2.24, 2.45) is 0 Å². The minimum absolute atomic E-state index is 0.247. The molecule has 174 valence electrons. The van der Waals surface area contributed by atoms with Crippen molar-refractivity contribution >= 4 is 22.8 Å². The van der Waals surface area contributed by atoms with E-state index in [1.807, 2.05) is 52.0 Å². The van der Waals surface area contributed by atoms with Crippen LogP contribution in [0.2, 0.25) is 0 Å². The maximum absolute atomic E-state index is 13.5. The minimum Gasteiger partial charge on any atom is -0.456 e. The molecule has 0 atom stereocenters. The third kappa shape index (κ3) is 4.57. The lowest BCUT2D eigenvalue weighted by atomic mass is 9.95. The normalized spacial score (nSPS) is 11.5. The van der Waals surface area contributed by atoms with Gasteiger partial charge in [-0.3, -0.25) is 4.79 Å². The molecule has 4 rings (SSSR count). The standard InChI is InChI=1S/C28H27FN2O3/c1-16-13-23-22(24(26(32)30-5)25(31-23)17-9-11-20(29)12-10-17)15-21(16)18-7-6-8-19(14-18)27(33)34-28(2,3)4/h6-15,31H,1-5H3,(H,30,32). The molecule has 34 heavy (non-hydrogen) atoms. The number of halogens is 1. The number of esters is 1. The van der Waals surface area contributed by atoms with E-state index in [1.54, 1.807) is 31.3 Å². The number of hydrogen-bond donors (Lipinski definition) is 2. The third-order valence-electron chi connectivity index (χ3n) is 5.54. The molecule has 0 saturated heterocycles. The summed E-state index contributed by atoms with van der Waals surface area (Å²) in [4.78, 5) is 28.8. The van der Waals surface area contributed by atoms with Crippen molar-refractivity contribution in [3.8, 4) is 22.4 Å². The number of ether oxygens (including phenoxy) is 1. The molecule has 0 aliphatic carbocycles. The van der Waals surface area contributed by atoms with E-state index in [0.29, 0.717) is 22.4 Å². The van der Waals surface area contributed by atoms with Crippen LogP contribution < -0.4 is 5.32 Å². The van der Waals surface area contributed by atoms with E-state index < -0.39 is 5.60 Å².